The first kappa shape index (κ1) is 24.6. The highest BCUT2D eigenvalue weighted by Gasteiger charge is 2.25. The average Bonchev–Trinajstić information content (AvgIpc) is 2.85. The van der Waals surface area contributed by atoms with Crippen LogP contribution in [0.25, 0.3) is 0 Å². The summed E-state index contributed by atoms with van der Waals surface area (Å²) < 4.78 is 5.28. The zero-order valence-corrected chi connectivity index (χ0v) is 20.5. The van der Waals surface area contributed by atoms with Gasteiger partial charge in [0.15, 0.2) is 16.6 Å². The molecule has 0 aliphatic carbocycles. The summed E-state index contributed by atoms with van der Waals surface area (Å²) in [4.78, 5) is 2.18. The second-order valence-corrected chi connectivity index (χ2v) is 8.74. The molecule has 0 aliphatic heterocycles. The third-order valence-corrected chi connectivity index (χ3v) is 6.70. The van der Waals surface area contributed by atoms with Gasteiger partial charge in [-0.3, -0.25) is 0 Å². The highest BCUT2D eigenvalue weighted by atomic mass is 32.1. The van der Waals surface area contributed by atoms with Crippen LogP contribution in [0.3, 0.4) is 0 Å². The Hall–Kier alpha value is -3.05. The summed E-state index contributed by atoms with van der Waals surface area (Å²) in [5.41, 5.74) is 3.45. The van der Waals surface area contributed by atoms with E-state index in [0.717, 1.165) is 36.5 Å². The number of phenols is 1. The van der Waals surface area contributed by atoms with E-state index in [0.29, 0.717) is 5.75 Å². The Kier molecular flexibility index (Phi) is 9.14. The molecule has 0 spiro atoms. The molecule has 2 unspecified atom stereocenters. The van der Waals surface area contributed by atoms with E-state index in [1.54, 1.807) is 13.2 Å². The summed E-state index contributed by atoms with van der Waals surface area (Å²) in [7, 11) is 3.64. The second kappa shape index (κ2) is 12.3. The maximum Gasteiger partial charge on any atom is 0.168 e. The van der Waals surface area contributed by atoms with Gasteiger partial charge in [0, 0.05) is 25.6 Å². The minimum Gasteiger partial charge on any atom is -0.504 e. The van der Waals surface area contributed by atoms with E-state index < -0.39 is 0 Å². The molecule has 0 amide bonds. The van der Waals surface area contributed by atoms with Gasteiger partial charge in [-0.25, -0.2) is 0 Å². The maximum absolute atomic E-state index is 10.6. The van der Waals surface area contributed by atoms with Crippen molar-refractivity contribution < 1.29 is 9.84 Å². The van der Waals surface area contributed by atoms with Gasteiger partial charge >= 0.3 is 0 Å². The lowest BCUT2D eigenvalue weighted by Gasteiger charge is -2.35. The smallest absolute Gasteiger partial charge is 0.168 e. The fraction of sp³-hybridized carbons (Fsp3) is 0.321. The first-order valence-electron chi connectivity index (χ1n) is 11.5. The van der Waals surface area contributed by atoms with Crippen molar-refractivity contribution in [3.63, 3.8) is 0 Å². The number of rotatable bonds is 10. The van der Waals surface area contributed by atoms with Crippen LogP contribution in [0.1, 0.15) is 36.0 Å². The zero-order chi connectivity index (χ0) is 23.6. The Morgan fingerprint density at radius 2 is 1.64 bits per heavy atom. The number of para-hydroxylation sites is 1. The fourth-order valence-electron chi connectivity index (χ4n) is 4.23. The van der Waals surface area contributed by atoms with Crippen LogP contribution in [-0.4, -0.2) is 41.9 Å². The van der Waals surface area contributed by atoms with Gasteiger partial charge < -0.3 is 20.1 Å². The lowest BCUT2D eigenvalue weighted by Crippen LogP contribution is -2.46. The molecule has 3 aromatic rings. The number of thiocarbonyl (C=S) groups is 1. The molecule has 2 N–H and O–H groups in total. The number of hydrogen-bond donors (Lipinski definition) is 2. The lowest BCUT2D eigenvalue weighted by atomic mass is 9.88. The SMILES string of the molecule is COc1cccc(CCC(C(C)c2ccccc2)N(C)C(=S)NCCc2ccccc2)c1O. The van der Waals surface area contributed by atoms with E-state index in [1.807, 2.05) is 24.3 Å². The molecule has 0 aromatic heterocycles. The van der Waals surface area contributed by atoms with Crippen LogP contribution in [0.4, 0.5) is 0 Å². The van der Waals surface area contributed by atoms with Crippen molar-refractivity contribution in [2.45, 2.75) is 38.1 Å². The molecule has 0 fully saturated rings. The quantitative estimate of drug-likeness (QED) is 0.387. The summed E-state index contributed by atoms with van der Waals surface area (Å²) in [5, 5.41) is 14.7. The Bertz CT molecular complexity index is 1010. The van der Waals surface area contributed by atoms with Crippen LogP contribution in [0.2, 0.25) is 0 Å². The van der Waals surface area contributed by atoms with Crippen LogP contribution >= 0.6 is 12.2 Å². The molecule has 0 saturated heterocycles. The lowest BCUT2D eigenvalue weighted by molar-refractivity contribution is 0.299. The first-order valence-corrected chi connectivity index (χ1v) is 11.9. The number of benzene rings is 3. The number of nitrogens with one attached hydrogen (secondary N) is 1. The predicted molar refractivity (Wildman–Crippen MR) is 140 cm³/mol. The number of ether oxygens (including phenoxy) is 1. The van der Waals surface area contributed by atoms with Crippen molar-refractivity contribution in [3.8, 4) is 11.5 Å². The topological polar surface area (TPSA) is 44.7 Å². The molecule has 0 saturated carbocycles. The molecule has 33 heavy (non-hydrogen) atoms. The Balaban J connectivity index is 1.71. The molecule has 2 atom stereocenters. The minimum absolute atomic E-state index is 0.162. The molecule has 3 aromatic carbocycles. The van der Waals surface area contributed by atoms with Crippen LogP contribution < -0.4 is 10.1 Å². The van der Waals surface area contributed by atoms with E-state index in [4.69, 9.17) is 17.0 Å². The van der Waals surface area contributed by atoms with Crippen LogP contribution in [0, 0.1) is 0 Å². The number of phenolic OH excluding ortho intramolecular Hbond substituents is 1. The van der Waals surface area contributed by atoms with Crippen LogP contribution in [0.5, 0.6) is 11.5 Å². The average molecular weight is 463 g/mol. The van der Waals surface area contributed by atoms with Crippen molar-refractivity contribution in [1.29, 1.82) is 0 Å². The largest absolute Gasteiger partial charge is 0.504 e. The number of aromatic hydroxyl groups is 1. The zero-order valence-electron chi connectivity index (χ0n) is 19.7. The number of nitrogens with zero attached hydrogens (tertiary/aromatic N) is 1. The van der Waals surface area contributed by atoms with Gasteiger partial charge in [-0.1, -0.05) is 79.7 Å². The monoisotopic (exact) mass is 462 g/mol. The number of hydrogen-bond acceptors (Lipinski definition) is 3. The molecule has 0 radical (unpaired) electrons. The fourth-order valence-corrected chi connectivity index (χ4v) is 4.47. The van der Waals surface area contributed by atoms with Gasteiger partial charge in [-0.2, -0.15) is 0 Å². The Labute approximate surface area is 203 Å². The van der Waals surface area contributed by atoms with Crippen LogP contribution in [0.15, 0.2) is 78.9 Å². The summed E-state index contributed by atoms with van der Waals surface area (Å²) in [6.07, 6.45) is 2.49. The summed E-state index contributed by atoms with van der Waals surface area (Å²) >= 11 is 5.78. The predicted octanol–water partition coefficient (Wildman–Crippen LogP) is 5.55. The third kappa shape index (κ3) is 6.72. The van der Waals surface area contributed by atoms with E-state index in [1.165, 1.54) is 11.1 Å². The molecule has 0 bridgehead atoms. The molecular formula is C28H34N2O2S. The second-order valence-electron chi connectivity index (χ2n) is 8.35. The van der Waals surface area contributed by atoms with Crippen molar-refractivity contribution >= 4 is 17.3 Å². The molecule has 4 nitrogen and oxygen atoms in total. The van der Waals surface area contributed by atoms with Gasteiger partial charge in [-0.05, 0) is 54.2 Å². The highest BCUT2D eigenvalue weighted by molar-refractivity contribution is 7.80. The van der Waals surface area contributed by atoms with E-state index in [2.05, 4.69) is 72.7 Å². The van der Waals surface area contributed by atoms with E-state index >= 15 is 0 Å². The van der Waals surface area contributed by atoms with Crippen molar-refractivity contribution in [3.05, 3.63) is 95.6 Å². The van der Waals surface area contributed by atoms with E-state index in [9.17, 15) is 5.11 Å². The van der Waals surface area contributed by atoms with Gasteiger partial charge in [0.25, 0.3) is 0 Å². The maximum atomic E-state index is 10.6. The number of likely N-dealkylation sites (N-methyl/N-ethyl adjacent to an activating group) is 1. The highest BCUT2D eigenvalue weighted by Crippen LogP contribution is 2.32. The molecule has 5 heteroatoms. The van der Waals surface area contributed by atoms with Crippen molar-refractivity contribution in [2.75, 3.05) is 20.7 Å². The minimum atomic E-state index is 0.162. The van der Waals surface area contributed by atoms with Gasteiger partial charge in [0.05, 0.1) is 7.11 Å². The van der Waals surface area contributed by atoms with Gasteiger partial charge in [0.1, 0.15) is 0 Å². The molecule has 0 heterocycles. The summed E-state index contributed by atoms with van der Waals surface area (Å²) in [6, 6.07) is 26.8. The number of methoxy groups -OCH3 is 1. The van der Waals surface area contributed by atoms with Gasteiger partial charge in [-0.15, -0.1) is 0 Å². The summed E-state index contributed by atoms with van der Waals surface area (Å²) in [5.74, 6) is 0.988. The molecule has 3 rings (SSSR count). The van der Waals surface area contributed by atoms with E-state index in [-0.39, 0.29) is 17.7 Å². The first-order chi connectivity index (χ1) is 16.0. The number of aryl methyl sites for hydroxylation is 1. The molecule has 0 aliphatic rings. The Morgan fingerprint density at radius 3 is 2.30 bits per heavy atom. The molecular weight excluding hydrogens is 428 g/mol. The third-order valence-electron chi connectivity index (χ3n) is 6.26. The van der Waals surface area contributed by atoms with Gasteiger partial charge in [0.2, 0.25) is 0 Å². The summed E-state index contributed by atoms with van der Waals surface area (Å²) in [6.45, 7) is 3.03. The standard InChI is InChI=1S/C28H34N2O2S/c1-21(23-13-8-5-9-14-23)25(18-17-24-15-10-16-26(32-3)27(24)31)30(2)28(33)29-20-19-22-11-6-4-7-12-22/h4-16,21,25,31H,17-20H2,1-3H3,(H,29,33). The Morgan fingerprint density at radius 1 is 0.970 bits per heavy atom. The molecule has 174 valence electrons. The van der Waals surface area contributed by atoms with Crippen LogP contribution in [-0.2, 0) is 12.8 Å². The van der Waals surface area contributed by atoms with Crippen molar-refractivity contribution in [2.24, 2.45) is 0 Å². The van der Waals surface area contributed by atoms with Crippen molar-refractivity contribution in [1.82, 2.24) is 10.2 Å². The normalized spacial score (nSPS) is 12.6.